The molecular weight excluding hydrogens is 1690 g/mol. The van der Waals surface area contributed by atoms with E-state index in [0.29, 0.717) is 0 Å². The zero-order valence-electron chi connectivity index (χ0n) is 75.1. The van der Waals surface area contributed by atoms with Gasteiger partial charge in [-0.1, -0.05) is 328 Å². The molecule has 9 nitrogen and oxygen atoms in total. The highest BCUT2D eigenvalue weighted by atomic mass is 15.2. The fourth-order valence-electron chi connectivity index (χ4n) is 24.4. The van der Waals surface area contributed by atoms with E-state index in [1.54, 1.807) is 0 Å². The normalized spacial score (nSPS) is 12.3. The van der Waals surface area contributed by atoms with Crippen LogP contribution in [0.2, 0.25) is 0 Å². The first-order valence-electron chi connectivity index (χ1n) is 47.9. The van der Waals surface area contributed by atoms with Crippen LogP contribution < -0.4 is 4.90 Å². The van der Waals surface area contributed by atoms with E-state index in [9.17, 15) is 0 Å². The number of hydrogen-bond donors (Lipinski definition) is 0. The molecule has 0 bridgehead atoms. The predicted octanol–water partition coefficient (Wildman–Crippen LogP) is 34.5. The Labute approximate surface area is 794 Å². The first-order valence-corrected chi connectivity index (χ1v) is 47.9. The van der Waals surface area contributed by atoms with Crippen LogP contribution in [0.5, 0.6) is 0 Å². The van der Waals surface area contributed by atoms with E-state index < -0.39 is 0 Å². The third-order valence-electron chi connectivity index (χ3n) is 30.3. The van der Waals surface area contributed by atoms with Gasteiger partial charge in [-0.25, -0.2) is 0 Å². The summed E-state index contributed by atoms with van der Waals surface area (Å²) in [6.07, 6.45) is 0. The first kappa shape index (κ1) is 75.8. The van der Waals surface area contributed by atoms with E-state index in [0.717, 1.165) is 17.1 Å². The number of hydrogen-bond acceptors (Lipinski definition) is 1. The minimum Gasteiger partial charge on any atom is -0.310 e. The van der Waals surface area contributed by atoms with Crippen LogP contribution in [0, 0.1) is 0 Å². The van der Waals surface area contributed by atoms with Crippen molar-refractivity contribution in [2.75, 3.05) is 4.90 Å². The van der Waals surface area contributed by atoms with Crippen LogP contribution in [0.3, 0.4) is 0 Å². The topological polar surface area (TPSA) is 39.6 Å². The SMILES string of the molecule is c1ccc2c(-c3ccc(N(c4ccc5c(ccc6cc(-c7ccc8c(c7)n7c9ccccc9c9c%10ccccc%10n8c97)ccc65)c4)c4cccc5ccccc45)cc3)cccc2c1.c1ccc2c(c1)c1ccccc1n2-c1ccc(-c2ccc3c(c2)n2c4ccccc4c4c5ccccc5n3c42)cc1.c1ccc2c(c1)c1ccccc1n2-c1ccc2c(c1)n1c3ccccc3c3c4ccccc4n2c31. The van der Waals surface area contributed by atoms with Gasteiger partial charge in [-0.15, -0.1) is 0 Å². The van der Waals surface area contributed by atoms with Crippen LogP contribution in [0.4, 0.5) is 17.1 Å². The van der Waals surface area contributed by atoms with Gasteiger partial charge in [0.15, 0.2) is 0 Å². The second-order valence-corrected chi connectivity index (χ2v) is 37.4. The number of para-hydroxylation sites is 10. The van der Waals surface area contributed by atoms with Crippen molar-refractivity contribution in [1.82, 2.24) is 35.5 Å². The maximum atomic E-state index is 2.47. The molecule has 0 spiro atoms. The third-order valence-corrected chi connectivity index (χ3v) is 30.3. The van der Waals surface area contributed by atoms with Crippen LogP contribution in [0.1, 0.15) is 0 Å². The Balaban J connectivity index is 0.000000102. The number of rotatable bonds is 8. The van der Waals surface area contributed by atoms with Crippen LogP contribution >= 0.6 is 0 Å². The second-order valence-electron chi connectivity index (χ2n) is 37.4. The summed E-state index contributed by atoms with van der Waals surface area (Å²) in [7, 11) is 0. The summed E-state index contributed by atoms with van der Waals surface area (Å²) in [5, 5.41) is 26.9. The van der Waals surface area contributed by atoms with Gasteiger partial charge in [0.25, 0.3) is 0 Å². The van der Waals surface area contributed by atoms with Crippen molar-refractivity contribution in [2.45, 2.75) is 0 Å². The zero-order chi connectivity index (χ0) is 90.5. The highest BCUT2D eigenvalue weighted by molar-refractivity contribution is 6.28. The van der Waals surface area contributed by atoms with Crippen LogP contribution in [-0.4, -0.2) is 35.5 Å². The monoisotopic (exact) mass is 1770 g/mol. The molecule has 11 aromatic heterocycles. The molecule has 9 heteroatoms. The minimum atomic E-state index is 1.11. The Bertz CT molecular complexity index is 10800. The maximum absolute atomic E-state index is 2.47. The summed E-state index contributed by atoms with van der Waals surface area (Å²) in [6, 6.07) is 175. The Morgan fingerprint density at radius 2 is 0.446 bits per heavy atom. The lowest BCUT2D eigenvalue weighted by molar-refractivity contribution is 1.18. The van der Waals surface area contributed by atoms with Gasteiger partial charge in [-0.05, 0) is 223 Å². The fourth-order valence-corrected chi connectivity index (χ4v) is 24.4. The first-order chi connectivity index (χ1) is 69.0. The van der Waals surface area contributed by atoms with E-state index in [2.05, 4.69) is 520 Å². The average Bonchev–Trinajstić information content (AvgIpc) is 1.52. The van der Waals surface area contributed by atoms with Crippen LogP contribution in [0.15, 0.2) is 479 Å². The summed E-state index contributed by atoms with van der Waals surface area (Å²) in [6.45, 7) is 0. The molecule has 0 saturated carbocycles. The van der Waals surface area contributed by atoms with E-state index in [4.69, 9.17) is 0 Å². The smallest absolute Gasteiger partial charge is 0.131 e. The third kappa shape index (κ3) is 10.7. The maximum Gasteiger partial charge on any atom is 0.131 e. The molecule has 33 rings (SSSR count). The molecule has 0 amide bonds. The molecule has 11 heterocycles. The summed E-state index contributed by atoms with van der Waals surface area (Å²) < 4.78 is 19.5. The number of fused-ring (bicyclic) bond motifs is 38. The van der Waals surface area contributed by atoms with Gasteiger partial charge in [0.05, 0.1) is 94.0 Å². The molecule has 0 unspecified atom stereocenters. The molecule has 139 heavy (non-hydrogen) atoms. The Hall–Kier alpha value is -18.7. The molecule has 0 saturated heterocycles. The molecule has 0 aliphatic carbocycles. The molecule has 0 radical (unpaired) electrons. The number of benzene rings is 22. The molecule has 33 aromatic rings. The lowest BCUT2D eigenvalue weighted by Gasteiger charge is -2.27. The second kappa shape index (κ2) is 28.9. The lowest BCUT2D eigenvalue weighted by atomic mass is 9.96. The molecule has 0 aliphatic heterocycles. The van der Waals surface area contributed by atoms with Crippen molar-refractivity contribution in [3.63, 3.8) is 0 Å². The molecular formula is C130H79N9. The van der Waals surface area contributed by atoms with E-state index in [1.165, 1.54) is 263 Å². The van der Waals surface area contributed by atoms with Crippen molar-refractivity contribution in [2.24, 2.45) is 0 Å². The lowest BCUT2D eigenvalue weighted by Crippen LogP contribution is -2.10. The van der Waals surface area contributed by atoms with Gasteiger partial charge in [0.1, 0.15) is 16.9 Å². The van der Waals surface area contributed by atoms with Crippen molar-refractivity contribution in [1.29, 1.82) is 0 Å². The number of anilines is 3. The van der Waals surface area contributed by atoms with E-state index in [-0.39, 0.29) is 0 Å². The van der Waals surface area contributed by atoms with Gasteiger partial charge >= 0.3 is 0 Å². The van der Waals surface area contributed by atoms with Crippen molar-refractivity contribution in [3.05, 3.63) is 479 Å². The predicted molar refractivity (Wildman–Crippen MR) is 586 cm³/mol. The van der Waals surface area contributed by atoms with Crippen molar-refractivity contribution < 1.29 is 0 Å². The summed E-state index contributed by atoms with van der Waals surface area (Å²) in [5.74, 6) is 0. The minimum absolute atomic E-state index is 1.11. The zero-order valence-corrected chi connectivity index (χ0v) is 75.1. The molecule has 0 atom stereocenters. The Morgan fingerprint density at radius 3 is 0.906 bits per heavy atom. The van der Waals surface area contributed by atoms with Crippen LogP contribution in [0.25, 0.3) is 263 Å². The van der Waals surface area contributed by atoms with Crippen LogP contribution in [-0.2, 0) is 0 Å². The van der Waals surface area contributed by atoms with Crippen molar-refractivity contribution >= 4 is 235 Å². The largest absolute Gasteiger partial charge is 0.310 e. The van der Waals surface area contributed by atoms with Gasteiger partial charge < -0.3 is 14.0 Å². The summed E-state index contributed by atoms with van der Waals surface area (Å²) in [4.78, 5) is 2.41. The number of aromatic nitrogens is 8. The highest BCUT2D eigenvalue weighted by Crippen LogP contribution is 2.50. The molecule has 0 N–H and O–H groups in total. The Morgan fingerprint density at radius 1 is 0.144 bits per heavy atom. The van der Waals surface area contributed by atoms with Gasteiger partial charge in [-0.2, -0.15) is 0 Å². The summed E-state index contributed by atoms with van der Waals surface area (Å²) >= 11 is 0. The highest BCUT2D eigenvalue weighted by Gasteiger charge is 2.29. The molecule has 22 aromatic carbocycles. The number of nitrogens with zero attached hydrogens (tertiary/aromatic N) is 9. The van der Waals surface area contributed by atoms with Gasteiger partial charge in [0, 0.05) is 98.2 Å². The fraction of sp³-hybridized carbons (Fsp3) is 0. The summed E-state index contributed by atoms with van der Waals surface area (Å²) in [5.41, 5.74) is 36.7. The standard InChI is InChI=1S/C60H37N3.C38H23N3.C32H19N3/c1-3-15-47-38(11-1)13-9-19-48(47)40-25-29-45(30-26-40)61(54-22-10-14-39-12-2-4-16-51(39)54)46-31-33-50-44(36-46)24-23-43-35-41(27-32-49(43)50)42-28-34-57-58(37-42)63-56-21-8-6-18-53(56)59-52-17-5-7-20-55(52)62(57)60(59)63;1-5-13-31-27(9-1)28-10-2-6-14-32(28)39(31)26-20-17-24(18-21-26)25-19-22-35-36(23-25)41-34-16-8-4-12-30(34)37-29-11-3-7-15-33(29)40(35)38(37)41;1-5-13-25-21(9-1)22-10-2-6-14-26(22)33(25)20-17-18-29-30(19-20)35-28-16-8-4-12-24(28)31-23-11-3-7-15-27(23)34(29)32(31)35/h1-37H;1-23H;1-19H. The van der Waals surface area contributed by atoms with E-state index in [1.807, 2.05) is 0 Å². The van der Waals surface area contributed by atoms with E-state index >= 15 is 0 Å². The molecule has 0 fully saturated rings. The quantitative estimate of drug-likeness (QED) is 0.140. The molecule has 0 aliphatic rings. The van der Waals surface area contributed by atoms with Crippen molar-refractivity contribution in [3.8, 4) is 44.8 Å². The Kier molecular flexibility index (Phi) is 15.8. The van der Waals surface area contributed by atoms with Gasteiger partial charge in [-0.3, -0.25) is 26.4 Å². The molecule has 644 valence electrons. The average molecular weight is 1770 g/mol. The number of imidazole rings is 3. The van der Waals surface area contributed by atoms with Gasteiger partial charge in [0.2, 0.25) is 0 Å².